The third-order valence-electron chi connectivity index (χ3n) is 5.03. The molecule has 2 aromatic carbocycles. The smallest absolute Gasteiger partial charge is 0.266 e. The molecule has 4 rings (SSSR count). The maximum atomic E-state index is 13.9. The van der Waals surface area contributed by atoms with Crippen LogP contribution in [-0.4, -0.2) is 51.0 Å². The van der Waals surface area contributed by atoms with Crippen molar-refractivity contribution in [3.63, 3.8) is 0 Å². The average molecular weight is 447 g/mol. The number of hydrogen-bond donors (Lipinski definition) is 0. The molecule has 1 aliphatic heterocycles. The van der Waals surface area contributed by atoms with Crippen LogP contribution >= 0.6 is 11.3 Å². The molecule has 1 amide bonds. The molecule has 9 heteroatoms. The van der Waals surface area contributed by atoms with Crippen LogP contribution in [0.1, 0.15) is 12.8 Å². The van der Waals surface area contributed by atoms with Crippen molar-refractivity contribution in [2.75, 3.05) is 38.9 Å². The summed E-state index contributed by atoms with van der Waals surface area (Å²) < 4.78 is 36.7. The molecular weight excluding hydrogens is 423 g/mol. The van der Waals surface area contributed by atoms with Crippen molar-refractivity contribution in [2.45, 2.75) is 18.9 Å². The molecule has 0 bridgehead atoms. The van der Waals surface area contributed by atoms with E-state index in [2.05, 4.69) is 4.98 Å². The maximum absolute atomic E-state index is 13.9. The highest BCUT2D eigenvalue weighted by Crippen LogP contribution is 2.40. The minimum Gasteiger partial charge on any atom is -0.495 e. The SMILES string of the molecule is COc1ccc(OC)c2sc(N(CC3CCCO3)C(=O)COc3ccccc3F)nc12. The summed E-state index contributed by atoms with van der Waals surface area (Å²) in [6.45, 7) is 0.682. The van der Waals surface area contributed by atoms with Gasteiger partial charge >= 0.3 is 0 Å². The molecule has 31 heavy (non-hydrogen) atoms. The molecule has 0 radical (unpaired) electrons. The maximum Gasteiger partial charge on any atom is 0.266 e. The van der Waals surface area contributed by atoms with Gasteiger partial charge in [0.2, 0.25) is 0 Å². The van der Waals surface area contributed by atoms with Gasteiger partial charge in [-0.2, -0.15) is 0 Å². The minimum absolute atomic E-state index is 0.0283. The van der Waals surface area contributed by atoms with Gasteiger partial charge in [-0.1, -0.05) is 23.5 Å². The van der Waals surface area contributed by atoms with Gasteiger partial charge < -0.3 is 18.9 Å². The van der Waals surface area contributed by atoms with E-state index in [1.807, 2.05) is 0 Å². The quantitative estimate of drug-likeness (QED) is 0.520. The van der Waals surface area contributed by atoms with Crippen LogP contribution in [0.25, 0.3) is 10.2 Å². The Hall–Kier alpha value is -2.91. The molecule has 164 valence electrons. The van der Waals surface area contributed by atoms with Crippen LogP contribution in [0.2, 0.25) is 0 Å². The van der Waals surface area contributed by atoms with Crippen molar-refractivity contribution in [2.24, 2.45) is 0 Å². The molecule has 1 atom stereocenters. The molecule has 0 aliphatic carbocycles. The summed E-state index contributed by atoms with van der Waals surface area (Å²) in [6, 6.07) is 9.57. The number of halogens is 1. The predicted molar refractivity (Wildman–Crippen MR) is 116 cm³/mol. The van der Waals surface area contributed by atoms with Crippen LogP contribution in [-0.2, 0) is 9.53 Å². The van der Waals surface area contributed by atoms with Crippen LogP contribution in [0.4, 0.5) is 9.52 Å². The molecule has 0 N–H and O–H groups in total. The summed E-state index contributed by atoms with van der Waals surface area (Å²) in [7, 11) is 3.15. The first-order valence-electron chi connectivity index (χ1n) is 9.91. The Morgan fingerprint density at radius 1 is 1.19 bits per heavy atom. The van der Waals surface area contributed by atoms with Gasteiger partial charge in [-0.15, -0.1) is 0 Å². The first-order chi connectivity index (χ1) is 15.1. The molecule has 1 saturated heterocycles. The number of hydrogen-bond acceptors (Lipinski definition) is 7. The zero-order valence-electron chi connectivity index (χ0n) is 17.3. The highest BCUT2D eigenvalue weighted by molar-refractivity contribution is 7.22. The largest absolute Gasteiger partial charge is 0.495 e. The van der Waals surface area contributed by atoms with Crippen molar-refractivity contribution in [3.8, 4) is 17.2 Å². The Morgan fingerprint density at radius 2 is 1.97 bits per heavy atom. The lowest BCUT2D eigenvalue weighted by atomic mass is 10.2. The lowest BCUT2D eigenvalue weighted by Gasteiger charge is -2.23. The van der Waals surface area contributed by atoms with Gasteiger partial charge in [0.15, 0.2) is 23.3 Å². The molecule has 2 heterocycles. The first kappa shape index (κ1) is 21.3. The molecular formula is C22H23FN2O5S. The Bertz CT molecular complexity index is 1030. The fourth-order valence-corrected chi connectivity index (χ4v) is 4.55. The highest BCUT2D eigenvalue weighted by atomic mass is 32.1. The number of amides is 1. The monoisotopic (exact) mass is 446 g/mol. The number of rotatable bonds is 8. The van der Waals surface area contributed by atoms with Crippen LogP contribution < -0.4 is 19.1 Å². The second kappa shape index (κ2) is 9.49. The van der Waals surface area contributed by atoms with Crippen molar-refractivity contribution in [1.82, 2.24) is 4.98 Å². The van der Waals surface area contributed by atoms with Gasteiger partial charge in [0, 0.05) is 6.61 Å². The number of aromatic nitrogens is 1. The summed E-state index contributed by atoms with van der Waals surface area (Å²) >= 11 is 1.33. The zero-order chi connectivity index (χ0) is 21.8. The van der Waals surface area contributed by atoms with Crippen LogP contribution in [0.3, 0.4) is 0 Å². The third kappa shape index (κ3) is 4.57. The first-order valence-corrected chi connectivity index (χ1v) is 10.7. The highest BCUT2D eigenvalue weighted by Gasteiger charge is 2.28. The van der Waals surface area contributed by atoms with E-state index in [0.717, 1.165) is 17.5 Å². The second-order valence-electron chi connectivity index (χ2n) is 7.00. The molecule has 0 saturated carbocycles. The fraction of sp³-hybridized carbons (Fsp3) is 0.364. The van der Waals surface area contributed by atoms with E-state index in [0.29, 0.717) is 35.3 Å². The van der Waals surface area contributed by atoms with E-state index in [4.69, 9.17) is 18.9 Å². The summed E-state index contributed by atoms with van der Waals surface area (Å²) in [4.78, 5) is 19.3. The standard InChI is InChI=1S/C22H23FN2O5S/c1-27-17-9-10-18(28-2)21-20(17)24-22(31-21)25(12-14-6-5-11-29-14)19(26)13-30-16-8-4-3-7-15(16)23/h3-4,7-10,14H,5-6,11-13H2,1-2H3. The molecule has 0 spiro atoms. The number of anilines is 1. The number of para-hydroxylation sites is 1. The average Bonchev–Trinajstić information content (AvgIpc) is 3.46. The van der Waals surface area contributed by atoms with E-state index in [-0.39, 0.29) is 24.4 Å². The van der Waals surface area contributed by atoms with Gasteiger partial charge in [-0.05, 0) is 37.1 Å². The van der Waals surface area contributed by atoms with Crippen molar-refractivity contribution in [3.05, 3.63) is 42.2 Å². The summed E-state index contributed by atoms with van der Waals surface area (Å²) in [5.74, 6) is 0.406. The number of nitrogens with zero attached hydrogens (tertiary/aromatic N) is 2. The number of methoxy groups -OCH3 is 2. The zero-order valence-corrected chi connectivity index (χ0v) is 18.1. The van der Waals surface area contributed by atoms with E-state index in [9.17, 15) is 9.18 Å². The summed E-state index contributed by atoms with van der Waals surface area (Å²) in [5, 5.41) is 0.482. The normalized spacial score (nSPS) is 15.8. The van der Waals surface area contributed by atoms with Gasteiger partial charge in [0.25, 0.3) is 5.91 Å². The fourth-order valence-electron chi connectivity index (χ4n) is 3.45. The molecule has 1 unspecified atom stereocenters. The number of ether oxygens (including phenoxy) is 4. The lowest BCUT2D eigenvalue weighted by molar-refractivity contribution is -0.121. The Morgan fingerprint density at radius 3 is 2.68 bits per heavy atom. The van der Waals surface area contributed by atoms with Crippen LogP contribution in [0.15, 0.2) is 36.4 Å². The number of carbonyl (C=O) groups is 1. The molecule has 3 aromatic rings. The van der Waals surface area contributed by atoms with E-state index in [1.165, 1.54) is 23.5 Å². The van der Waals surface area contributed by atoms with E-state index >= 15 is 0 Å². The van der Waals surface area contributed by atoms with Gasteiger partial charge in [0.05, 0.1) is 26.9 Å². The Kier molecular flexibility index (Phi) is 6.53. The van der Waals surface area contributed by atoms with E-state index < -0.39 is 5.82 Å². The minimum atomic E-state index is -0.518. The van der Waals surface area contributed by atoms with Crippen molar-refractivity contribution in [1.29, 1.82) is 0 Å². The predicted octanol–water partition coefficient (Wildman–Crippen LogP) is 4.04. The van der Waals surface area contributed by atoms with Gasteiger partial charge in [-0.25, -0.2) is 9.37 Å². The topological polar surface area (TPSA) is 70.1 Å². The van der Waals surface area contributed by atoms with Crippen LogP contribution in [0, 0.1) is 5.82 Å². The second-order valence-corrected chi connectivity index (χ2v) is 7.98. The van der Waals surface area contributed by atoms with Gasteiger partial charge in [-0.3, -0.25) is 9.69 Å². The Labute approximate surface area is 183 Å². The lowest BCUT2D eigenvalue weighted by Crippen LogP contribution is -2.40. The van der Waals surface area contributed by atoms with Crippen molar-refractivity contribution < 1.29 is 28.1 Å². The number of thiazole rings is 1. The van der Waals surface area contributed by atoms with Gasteiger partial charge in [0.1, 0.15) is 21.7 Å². The Balaban J connectivity index is 1.64. The summed E-state index contributed by atoms with van der Waals surface area (Å²) in [6.07, 6.45) is 1.71. The van der Waals surface area contributed by atoms with Crippen molar-refractivity contribution >= 4 is 32.6 Å². The third-order valence-corrected chi connectivity index (χ3v) is 6.12. The molecule has 7 nitrogen and oxygen atoms in total. The molecule has 1 aromatic heterocycles. The number of benzene rings is 2. The van der Waals surface area contributed by atoms with Crippen LogP contribution in [0.5, 0.6) is 17.2 Å². The van der Waals surface area contributed by atoms with E-state index in [1.54, 1.807) is 43.4 Å². The summed E-state index contributed by atoms with van der Waals surface area (Å²) in [5.41, 5.74) is 0.613. The molecule has 1 aliphatic rings. The number of carbonyl (C=O) groups excluding carboxylic acids is 1. The molecule has 1 fully saturated rings. The number of fused-ring (bicyclic) bond motifs is 1.